The predicted octanol–water partition coefficient (Wildman–Crippen LogP) is 6.38. The zero-order valence-corrected chi connectivity index (χ0v) is 23.3. The highest BCUT2D eigenvalue weighted by atomic mass is 79.9. The SMILES string of the molecule is COc1cc(/C=C2/SC(=O)N(CC(=O)Nc3ccc(F)c(Cl)c3)C2=O)cc(Br)c1OCc1ccc(C#N)cc1. The number of carbonyl (C=O) groups excluding carboxylic acids is 3. The molecule has 1 saturated heterocycles. The van der Waals surface area contributed by atoms with Crippen LogP contribution >= 0.6 is 39.3 Å². The topological polar surface area (TPSA) is 109 Å². The van der Waals surface area contributed by atoms with Crippen LogP contribution in [0.4, 0.5) is 14.9 Å². The minimum atomic E-state index is -0.644. The van der Waals surface area contributed by atoms with Crippen LogP contribution in [0.5, 0.6) is 11.5 Å². The number of imide groups is 1. The molecule has 0 bridgehead atoms. The van der Waals surface area contributed by atoms with Crippen LogP contribution in [0.2, 0.25) is 5.02 Å². The summed E-state index contributed by atoms with van der Waals surface area (Å²) in [6.45, 7) is -0.294. The lowest BCUT2D eigenvalue weighted by molar-refractivity contribution is -0.127. The lowest BCUT2D eigenvalue weighted by Gasteiger charge is -2.14. The number of amides is 3. The van der Waals surface area contributed by atoms with Crippen molar-refractivity contribution in [3.63, 3.8) is 0 Å². The number of methoxy groups -OCH3 is 1. The van der Waals surface area contributed by atoms with Crippen molar-refractivity contribution in [3.8, 4) is 17.6 Å². The number of hydrogen-bond donors (Lipinski definition) is 1. The van der Waals surface area contributed by atoms with E-state index in [0.717, 1.165) is 16.5 Å². The molecule has 0 unspecified atom stereocenters. The first-order valence-electron chi connectivity index (χ1n) is 11.2. The highest BCUT2D eigenvalue weighted by molar-refractivity contribution is 9.10. The Balaban J connectivity index is 1.45. The van der Waals surface area contributed by atoms with Crippen LogP contribution in [0.15, 0.2) is 64.0 Å². The molecule has 4 rings (SSSR count). The van der Waals surface area contributed by atoms with Gasteiger partial charge in [-0.15, -0.1) is 0 Å². The molecule has 1 heterocycles. The highest BCUT2D eigenvalue weighted by Crippen LogP contribution is 2.39. The molecular formula is C27H18BrClFN3O5S. The number of halogens is 3. The van der Waals surface area contributed by atoms with E-state index in [0.29, 0.717) is 38.9 Å². The van der Waals surface area contributed by atoms with Gasteiger partial charge in [0, 0.05) is 5.69 Å². The molecule has 1 aliphatic heterocycles. The maximum Gasteiger partial charge on any atom is 0.294 e. The fourth-order valence-corrected chi connectivity index (χ4v) is 5.09. The Morgan fingerprint density at radius 2 is 1.95 bits per heavy atom. The maximum absolute atomic E-state index is 13.3. The Hall–Kier alpha value is -3.85. The zero-order chi connectivity index (χ0) is 28.1. The molecule has 0 atom stereocenters. The van der Waals surface area contributed by atoms with Gasteiger partial charge in [-0.2, -0.15) is 5.26 Å². The third kappa shape index (κ3) is 6.78. The molecule has 39 heavy (non-hydrogen) atoms. The Bertz CT molecular complexity index is 1540. The summed E-state index contributed by atoms with van der Waals surface area (Å²) in [5.74, 6) is -1.09. The van der Waals surface area contributed by atoms with E-state index in [4.69, 9.17) is 26.3 Å². The van der Waals surface area contributed by atoms with Gasteiger partial charge in [-0.25, -0.2) is 4.39 Å². The molecule has 1 fully saturated rings. The summed E-state index contributed by atoms with van der Waals surface area (Å²) in [6, 6.07) is 16.0. The highest BCUT2D eigenvalue weighted by Gasteiger charge is 2.36. The van der Waals surface area contributed by atoms with E-state index in [1.54, 1.807) is 36.4 Å². The second-order valence-electron chi connectivity index (χ2n) is 8.08. The average molecular weight is 631 g/mol. The molecule has 3 aromatic rings. The van der Waals surface area contributed by atoms with E-state index in [-0.39, 0.29) is 22.2 Å². The first-order chi connectivity index (χ1) is 18.7. The second-order valence-corrected chi connectivity index (χ2v) is 10.3. The van der Waals surface area contributed by atoms with Crippen molar-refractivity contribution >= 4 is 68.1 Å². The van der Waals surface area contributed by atoms with Gasteiger partial charge in [0.1, 0.15) is 19.0 Å². The van der Waals surface area contributed by atoms with Crippen LogP contribution in [0.3, 0.4) is 0 Å². The number of nitrogens with one attached hydrogen (secondary N) is 1. The van der Waals surface area contributed by atoms with Gasteiger partial charge in [-0.1, -0.05) is 23.7 Å². The summed E-state index contributed by atoms with van der Waals surface area (Å²) >= 11 is 9.89. The van der Waals surface area contributed by atoms with Gasteiger partial charge in [0.15, 0.2) is 11.5 Å². The maximum atomic E-state index is 13.3. The quantitative estimate of drug-likeness (QED) is 0.288. The molecular weight excluding hydrogens is 613 g/mol. The van der Waals surface area contributed by atoms with Crippen molar-refractivity contribution in [2.24, 2.45) is 0 Å². The number of benzene rings is 3. The Morgan fingerprint density at radius 3 is 2.62 bits per heavy atom. The van der Waals surface area contributed by atoms with Crippen molar-refractivity contribution in [1.29, 1.82) is 5.26 Å². The molecule has 0 aromatic heterocycles. The second kappa shape index (κ2) is 12.3. The Labute approximate surface area is 240 Å². The molecule has 0 aliphatic carbocycles. The van der Waals surface area contributed by atoms with E-state index in [2.05, 4.69) is 27.3 Å². The minimum absolute atomic E-state index is 0.123. The molecule has 198 valence electrons. The van der Waals surface area contributed by atoms with Crippen molar-refractivity contribution in [2.75, 3.05) is 19.0 Å². The number of hydrogen-bond acceptors (Lipinski definition) is 7. The number of carbonyl (C=O) groups is 3. The number of ether oxygens (including phenoxy) is 2. The van der Waals surface area contributed by atoms with Gasteiger partial charge < -0.3 is 14.8 Å². The fourth-order valence-electron chi connectivity index (χ4n) is 3.50. The van der Waals surface area contributed by atoms with Crippen LogP contribution in [-0.4, -0.2) is 35.6 Å². The summed E-state index contributed by atoms with van der Waals surface area (Å²) in [7, 11) is 1.47. The van der Waals surface area contributed by atoms with E-state index in [1.807, 2.05) is 0 Å². The van der Waals surface area contributed by atoms with Crippen molar-refractivity contribution < 1.29 is 28.2 Å². The molecule has 1 N–H and O–H groups in total. The Morgan fingerprint density at radius 1 is 1.21 bits per heavy atom. The average Bonchev–Trinajstić information content (AvgIpc) is 3.17. The lowest BCUT2D eigenvalue weighted by Crippen LogP contribution is -2.36. The molecule has 0 saturated carbocycles. The normalized spacial score (nSPS) is 13.9. The summed E-state index contributed by atoms with van der Waals surface area (Å²) in [4.78, 5) is 38.7. The summed E-state index contributed by atoms with van der Waals surface area (Å²) < 4.78 is 25.3. The first kappa shape index (κ1) is 28.2. The fraction of sp³-hybridized carbons (Fsp3) is 0.111. The van der Waals surface area contributed by atoms with E-state index in [9.17, 15) is 18.8 Å². The van der Waals surface area contributed by atoms with Crippen molar-refractivity contribution in [2.45, 2.75) is 6.61 Å². The van der Waals surface area contributed by atoms with Crippen LogP contribution in [0.25, 0.3) is 6.08 Å². The molecule has 0 radical (unpaired) electrons. The van der Waals surface area contributed by atoms with Gasteiger partial charge in [0.2, 0.25) is 5.91 Å². The molecule has 3 aromatic carbocycles. The smallest absolute Gasteiger partial charge is 0.294 e. The number of nitrogens with zero attached hydrogens (tertiary/aromatic N) is 2. The van der Waals surface area contributed by atoms with Gasteiger partial charge in [0.25, 0.3) is 11.1 Å². The number of nitriles is 1. The largest absolute Gasteiger partial charge is 0.493 e. The van der Waals surface area contributed by atoms with Crippen molar-refractivity contribution in [3.05, 3.63) is 91.5 Å². The summed E-state index contributed by atoms with van der Waals surface area (Å²) in [5, 5.41) is 10.6. The molecule has 0 spiro atoms. The standard InChI is InChI=1S/C27H18BrClFN3O5S/c1-37-22-9-17(8-19(28)25(22)38-14-16-4-2-15(12-31)3-5-16)10-23-26(35)33(27(36)39-23)13-24(34)32-18-6-7-21(30)20(29)11-18/h2-11H,13-14H2,1H3,(H,32,34)/b23-10+. The number of rotatable bonds is 8. The van der Waals surface area contributed by atoms with Crippen LogP contribution in [0.1, 0.15) is 16.7 Å². The molecule has 8 nitrogen and oxygen atoms in total. The van der Waals surface area contributed by atoms with Crippen LogP contribution in [0, 0.1) is 17.1 Å². The predicted molar refractivity (Wildman–Crippen MR) is 149 cm³/mol. The number of thioether (sulfide) groups is 1. The zero-order valence-electron chi connectivity index (χ0n) is 20.2. The first-order valence-corrected chi connectivity index (χ1v) is 13.2. The molecule has 3 amide bonds. The van der Waals surface area contributed by atoms with Crippen LogP contribution < -0.4 is 14.8 Å². The van der Waals surface area contributed by atoms with Gasteiger partial charge in [0.05, 0.1) is 33.1 Å². The monoisotopic (exact) mass is 629 g/mol. The summed E-state index contributed by atoms with van der Waals surface area (Å²) in [6.07, 6.45) is 1.51. The van der Waals surface area contributed by atoms with E-state index >= 15 is 0 Å². The third-order valence-corrected chi connectivity index (χ3v) is 7.18. The van der Waals surface area contributed by atoms with Crippen LogP contribution in [-0.2, 0) is 16.2 Å². The molecule has 12 heteroatoms. The molecule has 1 aliphatic rings. The van der Waals surface area contributed by atoms with Gasteiger partial charge in [-0.3, -0.25) is 19.3 Å². The van der Waals surface area contributed by atoms with Gasteiger partial charge >= 0.3 is 0 Å². The third-order valence-electron chi connectivity index (χ3n) is 5.39. The van der Waals surface area contributed by atoms with E-state index < -0.39 is 29.4 Å². The number of anilines is 1. The van der Waals surface area contributed by atoms with E-state index in [1.165, 1.54) is 25.3 Å². The summed E-state index contributed by atoms with van der Waals surface area (Å²) in [5.41, 5.74) is 2.18. The van der Waals surface area contributed by atoms with Gasteiger partial charge in [-0.05, 0) is 87.4 Å². The Kier molecular flexibility index (Phi) is 8.91. The van der Waals surface area contributed by atoms with Crippen molar-refractivity contribution in [1.82, 2.24) is 4.90 Å². The lowest BCUT2D eigenvalue weighted by atomic mass is 10.1. The minimum Gasteiger partial charge on any atom is -0.493 e.